The number of nitrogens with zero attached hydrogens (tertiary/aromatic N) is 2. The summed E-state index contributed by atoms with van der Waals surface area (Å²) in [6, 6.07) is 26.9. The molecule has 8 nitrogen and oxygen atoms in total. The Kier molecular flexibility index (Phi) is 7.07. The third kappa shape index (κ3) is 5.15. The van der Waals surface area contributed by atoms with Gasteiger partial charge in [-0.2, -0.15) is 8.42 Å². The summed E-state index contributed by atoms with van der Waals surface area (Å²) >= 11 is 0. The summed E-state index contributed by atoms with van der Waals surface area (Å²) in [5.41, 5.74) is 2.06. The molecule has 0 aromatic heterocycles. The highest BCUT2D eigenvalue weighted by atomic mass is 32.2. The Morgan fingerprint density at radius 3 is 1.52 bits per heavy atom. The molecule has 0 aliphatic carbocycles. The van der Waals surface area contributed by atoms with Gasteiger partial charge in [0.1, 0.15) is 10.6 Å². The fraction of sp³-hybridized carbons (Fsp3) is 0.133. The van der Waals surface area contributed by atoms with Gasteiger partial charge >= 0.3 is 10.1 Å². The molecule has 206 valence electrons. The minimum Gasteiger partial charge on any atom is -0.379 e. The maximum Gasteiger partial charge on any atom is 0.339 e. The average molecular weight is 576 g/mol. The van der Waals surface area contributed by atoms with Crippen LogP contribution in [-0.2, 0) is 20.1 Å². The van der Waals surface area contributed by atoms with E-state index in [0.29, 0.717) is 10.8 Å². The second-order valence-corrected chi connectivity index (χ2v) is 12.9. The lowest BCUT2D eigenvalue weighted by molar-refractivity contribution is 0.487. The smallest absolute Gasteiger partial charge is 0.339 e. The van der Waals surface area contributed by atoms with Gasteiger partial charge in [0.15, 0.2) is 0 Å². The van der Waals surface area contributed by atoms with E-state index in [9.17, 15) is 16.8 Å². The SMILES string of the molecule is CN(C)c1cccc2c(S(=O)(=O)Nc3ccc(OS(=O)(=O)c4cccc5c(N(C)C)cccc45)cc3)cccc12. The lowest BCUT2D eigenvalue weighted by Crippen LogP contribution is -2.14. The van der Waals surface area contributed by atoms with E-state index in [2.05, 4.69) is 4.72 Å². The molecule has 5 aromatic rings. The number of rotatable bonds is 8. The van der Waals surface area contributed by atoms with E-state index >= 15 is 0 Å². The first-order valence-electron chi connectivity index (χ1n) is 12.4. The Hall–Kier alpha value is -4.28. The van der Waals surface area contributed by atoms with Crippen molar-refractivity contribution in [2.24, 2.45) is 0 Å². The molecule has 0 spiro atoms. The summed E-state index contributed by atoms with van der Waals surface area (Å²) in [7, 11) is -0.521. The molecule has 0 radical (unpaired) electrons. The Morgan fingerprint density at radius 2 is 1.00 bits per heavy atom. The molecule has 0 aliphatic heterocycles. The summed E-state index contributed by atoms with van der Waals surface area (Å²) < 4.78 is 61.2. The van der Waals surface area contributed by atoms with Crippen molar-refractivity contribution in [3.8, 4) is 5.75 Å². The van der Waals surface area contributed by atoms with Gasteiger partial charge in [0.25, 0.3) is 10.0 Å². The van der Waals surface area contributed by atoms with E-state index in [4.69, 9.17) is 4.18 Å². The fourth-order valence-electron chi connectivity index (χ4n) is 4.72. The van der Waals surface area contributed by atoms with Crippen molar-refractivity contribution in [2.75, 3.05) is 42.7 Å². The van der Waals surface area contributed by atoms with E-state index in [0.717, 1.165) is 22.1 Å². The number of nitrogens with one attached hydrogen (secondary N) is 1. The second-order valence-electron chi connectivity index (χ2n) is 9.71. The Morgan fingerprint density at radius 1 is 0.550 bits per heavy atom. The van der Waals surface area contributed by atoms with Crippen LogP contribution in [0.2, 0.25) is 0 Å². The zero-order valence-corrected chi connectivity index (χ0v) is 24.1. The summed E-state index contributed by atoms with van der Waals surface area (Å²) in [4.78, 5) is 4.04. The normalized spacial score (nSPS) is 11.9. The third-order valence-corrected chi connectivity index (χ3v) is 9.30. The molecule has 0 saturated heterocycles. The largest absolute Gasteiger partial charge is 0.379 e. The molecule has 0 saturated carbocycles. The van der Waals surface area contributed by atoms with E-state index in [1.807, 2.05) is 68.3 Å². The lowest BCUT2D eigenvalue weighted by atomic mass is 10.1. The van der Waals surface area contributed by atoms with Crippen LogP contribution in [-0.4, -0.2) is 45.0 Å². The van der Waals surface area contributed by atoms with Crippen LogP contribution in [0.5, 0.6) is 5.75 Å². The zero-order chi connectivity index (χ0) is 28.7. The average Bonchev–Trinajstić information content (AvgIpc) is 2.92. The highest BCUT2D eigenvalue weighted by Gasteiger charge is 2.22. The van der Waals surface area contributed by atoms with Gasteiger partial charge in [-0.05, 0) is 48.5 Å². The van der Waals surface area contributed by atoms with Crippen LogP contribution in [0.1, 0.15) is 0 Å². The highest BCUT2D eigenvalue weighted by Crippen LogP contribution is 2.33. The van der Waals surface area contributed by atoms with Gasteiger partial charge in [-0.3, -0.25) is 4.72 Å². The lowest BCUT2D eigenvalue weighted by Gasteiger charge is -2.17. The minimum atomic E-state index is -4.17. The summed E-state index contributed by atoms with van der Waals surface area (Å²) in [5.74, 6) is 0.0597. The van der Waals surface area contributed by atoms with Crippen molar-refractivity contribution in [3.05, 3.63) is 97.1 Å². The van der Waals surface area contributed by atoms with Crippen LogP contribution in [0.15, 0.2) is 107 Å². The zero-order valence-electron chi connectivity index (χ0n) is 22.5. The number of fused-ring (bicyclic) bond motifs is 2. The van der Waals surface area contributed by atoms with Gasteiger partial charge in [0, 0.05) is 66.8 Å². The van der Waals surface area contributed by atoms with E-state index in [-0.39, 0.29) is 21.2 Å². The predicted molar refractivity (Wildman–Crippen MR) is 162 cm³/mol. The van der Waals surface area contributed by atoms with Crippen molar-refractivity contribution in [3.63, 3.8) is 0 Å². The maximum atomic E-state index is 13.3. The molecule has 0 unspecified atom stereocenters. The van der Waals surface area contributed by atoms with Crippen LogP contribution in [0.3, 0.4) is 0 Å². The summed E-state index contributed by atoms with van der Waals surface area (Å²) in [6.07, 6.45) is 0. The van der Waals surface area contributed by atoms with E-state index < -0.39 is 20.1 Å². The molecule has 0 aliphatic rings. The highest BCUT2D eigenvalue weighted by molar-refractivity contribution is 7.93. The summed E-state index contributed by atoms with van der Waals surface area (Å²) in [6.45, 7) is 0. The van der Waals surface area contributed by atoms with Gasteiger partial charge in [0.05, 0.1) is 4.90 Å². The number of anilines is 3. The van der Waals surface area contributed by atoms with Gasteiger partial charge in [-0.1, -0.05) is 48.5 Å². The Bertz CT molecular complexity index is 1790. The topological polar surface area (TPSA) is 96.0 Å². The molecule has 0 bridgehead atoms. The van der Waals surface area contributed by atoms with Crippen LogP contribution in [0, 0.1) is 0 Å². The summed E-state index contributed by atoms with van der Waals surface area (Å²) in [5, 5.41) is 2.74. The molecule has 40 heavy (non-hydrogen) atoms. The van der Waals surface area contributed by atoms with Crippen molar-refractivity contribution in [1.82, 2.24) is 0 Å². The number of benzene rings is 5. The minimum absolute atomic E-state index is 0.0477. The number of hydrogen-bond acceptors (Lipinski definition) is 7. The van der Waals surface area contributed by atoms with Gasteiger partial charge < -0.3 is 14.0 Å². The predicted octanol–water partition coefficient (Wildman–Crippen LogP) is 5.69. The Labute approximate surface area is 234 Å². The molecule has 0 fully saturated rings. The molecule has 5 aromatic carbocycles. The first-order chi connectivity index (χ1) is 19.0. The maximum absolute atomic E-state index is 13.3. The van der Waals surface area contributed by atoms with E-state index in [1.54, 1.807) is 36.4 Å². The quantitative estimate of drug-likeness (QED) is 0.237. The molecule has 1 N–H and O–H groups in total. The molecular weight excluding hydrogens is 546 g/mol. The Balaban J connectivity index is 1.41. The van der Waals surface area contributed by atoms with Crippen molar-refractivity contribution >= 4 is 58.7 Å². The van der Waals surface area contributed by atoms with Crippen LogP contribution in [0.4, 0.5) is 17.1 Å². The van der Waals surface area contributed by atoms with Gasteiger partial charge in [-0.25, -0.2) is 8.42 Å². The number of hydrogen-bond donors (Lipinski definition) is 1. The number of sulfonamides is 1. The van der Waals surface area contributed by atoms with Crippen molar-refractivity contribution < 1.29 is 21.0 Å². The molecule has 5 rings (SSSR count). The fourth-order valence-corrected chi connectivity index (χ4v) is 7.15. The van der Waals surface area contributed by atoms with Crippen LogP contribution >= 0.6 is 0 Å². The van der Waals surface area contributed by atoms with Crippen molar-refractivity contribution in [1.29, 1.82) is 0 Å². The first-order valence-corrected chi connectivity index (χ1v) is 15.3. The molecular formula is C30H29N3O5S2. The first kappa shape index (κ1) is 27.3. The molecule has 0 amide bonds. The van der Waals surface area contributed by atoms with E-state index in [1.165, 1.54) is 30.3 Å². The van der Waals surface area contributed by atoms with Crippen LogP contribution < -0.4 is 18.7 Å². The molecule has 10 heteroatoms. The standard InChI is InChI=1S/C30H29N3O5S2/c1-32(2)27-13-5-11-25-23(27)9-7-15-29(25)39(34,35)31-21-17-19-22(20-18-21)38-40(36,37)30-16-8-10-24-26(30)12-6-14-28(24)33(3)4/h5-20,31H,1-4H3. The van der Waals surface area contributed by atoms with Crippen molar-refractivity contribution in [2.45, 2.75) is 9.79 Å². The van der Waals surface area contributed by atoms with Gasteiger partial charge in [0.2, 0.25) is 0 Å². The van der Waals surface area contributed by atoms with Gasteiger partial charge in [-0.15, -0.1) is 0 Å². The molecule has 0 atom stereocenters. The third-order valence-electron chi connectivity index (χ3n) is 6.55. The second kappa shape index (κ2) is 10.4. The monoisotopic (exact) mass is 575 g/mol. The van der Waals surface area contributed by atoms with Crippen LogP contribution in [0.25, 0.3) is 21.5 Å². The molecule has 0 heterocycles.